The molecule has 0 aliphatic carbocycles. The molecule has 0 amide bonds. The summed E-state index contributed by atoms with van der Waals surface area (Å²) in [6.45, 7) is 1.75. The molecule has 4 nitrogen and oxygen atoms in total. The monoisotopic (exact) mass is 497 g/mol. The van der Waals surface area contributed by atoms with Gasteiger partial charge < -0.3 is 14.6 Å². The highest BCUT2D eigenvalue weighted by molar-refractivity contribution is 14.0. The smallest absolute Gasteiger partial charge is 0.193 e. The first-order chi connectivity index (χ1) is 10.2. The van der Waals surface area contributed by atoms with E-state index in [9.17, 15) is 0 Å². The topological polar surface area (TPSA) is 40.8 Å². The predicted molar refractivity (Wildman–Crippen MR) is 108 cm³/mol. The first kappa shape index (κ1) is 19.5. The van der Waals surface area contributed by atoms with Crippen molar-refractivity contribution in [2.75, 3.05) is 27.2 Å². The van der Waals surface area contributed by atoms with Crippen molar-refractivity contribution in [3.63, 3.8) is 0 Å². The first-order valence-corrected chi connectivity index (χ1v) is 8.54. The van der Waals surface area contributed by atoms with E-state index in [-0.39, 0.29) is 24.0 Å². The van der Waals surface area contributed by atoms with Crippen LogP contribution in [0.1, 0.15) is 10.6 Å². The zero-order chi connectivity index (χ0) is 15.1. The summed E-state index contributed by atoms with van der Waals surface area (Å²) < 4.78 is 6.25. The van der Waals surface area contributed by atoms with Gasteiger partial charge in [-0.25, -0.2) is 0 Å². The Morgan fingerprint density at radius 3 is 2.77 bits per heavy atom. The van der Waals surface area contributed by atoms with Gasteiger partial charge >= 0.3 is 0 Å². The normalized spacial score (nSPS) is 11.1. The molecule has 0 bridgehead atoms. The summed E-state index contributed by atoms with van der Waals surface area (Å²) in [7, 11) is 3.87. The Morgan fingerprint density at radius 1 is 1.36 bits per heavy atom. The number of nitrogens with one attached hydrogen (secondary N) is 1. The summed E-state index contributed by atoms with van der Waals surface area (Å²) >= 11 is 5.11. The van der Waals surface area contributed by atoms with E-state index in [4.69, 9.17) is 4.42 Å². The Labute approximate surface area is 161 Å². The minimum atomic E-state index is 0. The van der Waals surface area contributed by atoms with E-state index in [0.717, 1.165) is 42.3 Å². The van der Waals surface area contributed by atoms with E-state index in [1.807, 2.05) is 19.2 Å². The number of likely N-dealkylation sites (N-methyl/N-ethyl adjacent to an activating group) is 1. The van der Waals surface area contributed by atoms with Gasteiger partial charge in [-0.15, -0.1) is 35.3 Å². The lowest BCUT2D eigenvalue weighted by Gasteiger charge is -2.21. The van der Waals surface area contributed by atoms with E-state index < -0.39 is 0 Å². The second-order valence-electron chi connectivity index (χ2n) is 4.68. The fraction of sp³-hybridized carbons (Fsp3) is 0.400. The Kier molecular flexibility index (Phi) is 9.11. The van der Waals surface area contributed by atoms with Crippen LogP contribution in [-0.2, 0) is 12.8 Å². The number of nitrogens with zero attached hydrogens (tertiary/aromatic N) is 2. The number of hydrogen-bond donors (Lipinski definition) is 1. The van der Waals surface area contributed by atoms with E-state index in [0.29, 0.717) is 0 Å². The Hall–Kier alpha value is -0.540. The summed E-state index contributed by atoms with van der Waals surface area (Å²) in [5.74, 6) is 1.88. The molecule has 0 saturated heterocycles. The molecule has 0 spiro atoms. The summed E-state index contributed by atoms with van der Waals surface area (Å²) in [5.41, 5.74) is 0. The lowest BCUT2D eigenvalue weighted by molar-refractivity contribution is 0.470. The first-order valence-electron chi connectivity index (χ1n) is 6.87. The van der Waals surface area contributed by atoms with Crippen molar-refractivity contribution in [3.8, 4) is 0 Å². The summed E-state index contributed by atoms with van der Waals surface area (Å²) in [5, 5.41) is 5.48. The molecule has 0 aromatic carbocycles. The number of furan rings is 1. The van der Waals surface area contributed by atoms with Crippen LogP contribution >= 0.6 is 51.2 Å². The molecule has 22 heavy (non-hydrogen) atoms. The minimum Gasteiger partial charge on any atom is -0.454 e. The molecule has 1 N–H and O–H groups in total. The zero-order valence-electron chi connectivity index (χ0n) is 12.7. The molecule has 0 saturated carbocycles. The van der Waals surface area contributed by atoms with Crippen molar-refractivity contribution in [2.45, 2.75) is 12.8 Å². The standard InChI is InChI=1S/C15H20BrN3OS.HI/c1-17-15(18-9-7-12-5-6-14(16)20-12)19(2)10-8-13-4-3-11-21-13;/h3-6,11H,7-10H2,1-2H3,(H,17,18);1H. The van der Waals surface area contributed by atoms with Gasteiger partial charge in [0, 0.05) is 38.5 Å². The average Bonchev–Trinajstić information content (AvgIpc) is 3.12. The minimum absolute atomic E-state index is 0. The van der Waals surface area contributed by atoms with Crippen LogP contribution in [0.25, 0.3) is 0 Å². The van der Waals surface area contributed by atoms with Crippen molar-refractivity contribution < 1.29 is 4.42 Å². The molecule has 0 atom stereocenters. The van der Waals surface area contributed by atoms with Gasteiger partial charge in [0.2, 0.25) is 0 Å². The Bertz CT molecular complexity index is 571. The molecule has 2 rings (SSSR count). The number of hydrogen-bond acceptors (Lipinski definition) is 3. The van der Waals surface area contributed by atoms with Crippen LogP contribution < -0.4 is 5.32 Å². The van der Waals surface area contributed by atoms with Gasteiger partial charge in [-0.05, 0) is 45.9 Å². The van der Waals surface area contributed by atoms with Gasteiger partial charge in [0.15, 0.2) is 10.6 Å². The molecule has 2 heterocycles. The van der Waals surface area contributed by atoms with E-state index >= 15 is 0 Å². The number of guanidine groups is 1. The lowest BCUT2D eigenvalue weighted by atomic mass is 10.3. The SMILES string of the molecule is CN=C(NCCc1ccc(Br)o1)N(C)CCc1cccs1.I. The van der Waals surface area contributed by atoms with Gasteiger partial charge in [0.25, 0.3) is 0 Å². The van der Waals surface area contributed by atoms with Crippen LogP contribution in [-0.4, -0.2) is 38.0 Å². The molecule has 0 unspecified atom stereocenters. The number of aliphatic imine (C=N–C) groups is 1. The van der Waals surface area contributed by atoms with Crippen molar-refractivity contribution in [3.05, 3.63) is 45.0 Å². The molecule has 2 aromatic heterocycles. The van der Waals surface area contributed by atoms with Gasteiger partial charge in [-0.1, -0.05) is 6.07 Å². The van der Waals surface area contributed by atoms with Crippen LogP contribution in [0.15, 0.2) is 43.7 Å². The highest BCUT2D eigenvalue weighted by atomic mass is 127. The van der Waals surface area contributed by atoms with Gasteiger partial charge in [0.05, 0.1) is 0 Å². The second-order valence-corrected chi connectivity index (χ2v) is 6.49. The van der Waals surface area contributed by atoms with Crippen LogP contribution in [0.3, 0.4) is 0 Å². The molecule has 7 heteroatoms. The van der Waals surface area contributed by atoms with E-state index in [1.54, 1.807) is 11.3 Å². The van der Waals surface area contributed by atoms with Crippen LogP contribution in [0.5, 0.6) is 0 Å². The predicted octanol–water partition coefficient (Wildman–Crippen LogP) is 4.01. The molecule has 0 radical (unpaired) electrons. The van der Waals surface area contributed by atoms with Crippen LogP contribution in [0, 0.1) is 0 Å². The van der Waals surface area contributed by atoms with E-state index in [2.05, 4.69) is 55.7 Å². The largest absolute Gasteiger partial charge is 0.454 e. The maximum Gasteiger partial charge on any atom is 0.193 e. The number of rotatable bonds is 6. The second kappa shape index (κ2) is 10.3. The molecule has 0 aliphatic rings. The summed E-state index contributed by atoms with van der Waals surface area (Å²) in [6.07, 6.45) is 1.88. The van der Waals surface area contributed by atoms with Gasteiger partial charge in [-0.2, -0.15) is 0 Å². The maximum absolute atomic E-state index is 5.48. The van der Waals surface area contributed by atoms with Gasteiger partial charge in [-0.3, -0.25) is 4.99 Å². The molecule has 0 fully saturated rings. The van der Waals surface area contributed by atoms with Crippen LogP contribution in [0.4, 0.5) is 0 Å². The molecule has 0 aliphatic heterocycles. The fourth-order valence-corrected chi connectivity index (χ4v) is 3.05. The third-order valence-corrected chi connectivity index (χ3v) is 4.49. The summed E-state index contributed by atoms with van der Waals surface area (Å²) in [4.78, 5) is 7.87. The summed E-state index contributed by atoms with van der Waals surface area (Å²) in [6, 6.07) is 8.16. The third-order valence-electron chi connectivity index (χ3n) is 3.13. The molecular weight excluding hydrogens is 477 g/mol. The van der Waals surface area contributed by atoms with E-state index in [1.165, 1.54) is 4.88 Å². The van der Waals surface area contributed by atoms with Crippen molar-refractivity contribution in [2.24, 2.45) is 4.99 Å². The maximum atomic E-state index is 5.48. The Morgan fingerprint density at radius 2 is 2.18 bits per heavy atom. The lowest BCUT2D eigenvalue weighted by Crippen LogP contribution is -2.40. The van der Waals surface area contributed by atoms with Crippen molar-refractivity contribution in [1.82, 2.24) is 10.2 Å². The highest BCUT2D eigenvalue weighted by Crippen LogP contribution is 2.14. The zero-order valence-corrected chi connectivity index (χ0v) is 17.4. The molecule has 2 aromatic rings. The van der Waals surface area contributed by atoms with Crippen LogP contribution in [0.2, 0.25) is 0 Å². The third kappa shape index (κ3) is 6.29. The van der Waals surface area contributed by atoms with Gasteiger partial charge in [0.1, 0.15) is 5.76 Å². The van der Waals surface area contributed by atoms with Crippen molar-refractivity contribution in [1.29, 1.82) is 0 Å². The quantitative estimate of drug-likeness (QED) is 0.372. The van der Waals surface area contributed by atoms with Crippen molar-refractivity contribution >= 4 is 57.2 Å². The average molecular weight is 498 g/mol. The Balaban J connectivity index is 0.00000242. The molecule has 122 valence electrons. The fourth-order valence-electron chi connectivity index (χ4n) is 2.01. The molecular formula is C15H21BrIN3OS. The number of thiophene rings is 1. The highest BCUT2D eigenvalue weighted by Gasteiger charge is 2.06. The number of halogens is 2.